The Morgan fingerprint density at radius 3 is 2.52 bits per heavy atom. The van der Waals surface area contributed by atoms with Crippen molar-refractivity contribution in [3.05, 3.63) is 65.9 Å². The van der Waals surface area contributed by atoms with Crippen LogP contribution in [0, 0.1) is 0 Å². The van der Waals surface area contributed by atoms with E-state index in [1.807, 2.05) is 30.3 Å². The van der Waals surface area contributed by atoms with Crippen molar-refractivity contribution in [3.63, 3.8) is 0 Å². The average molecular weight is 360 g/mol. The molecule has 0 unspecified atom stereocenters. The zero-order valence-electron chi connectivity index (χ0n) is 13.2. The molecule has 130 valence electrons. The van der Waals surface area contributed by atoms with E-state index in [-0.39, 0.29) is 24.0 Å². The second-order valence-electron chi connectivity index (χ2n) is 5.58. The molecule has 0 aliphatic carbocycles. The fourth-order valence-corrected chi connectivity index (χ4v) is 2.52. The highest BCUT2D eigenvalue weighted by atomic mass is 35.5. The quantitative estimate of drug-likeness (QED) is 0.561. The predicted molar refractivity (Wildman–Crippen MR) is 99.3 cm³/mol. The first-order valence-electron chi connectivity index (χ1n) is 7.49. The van der Waals surface area contributed by atoms with E-state index in [2.05, 4.69) is 10.3 Å². The van der Waals surface area contributed by atoms with Crippen molar-refractivity contribution in [1.29, 1.82) is 0 Å². The molecule has 0 spiro atoms. The van der Waals surface area contributed by atoms with Crippen LogP contribution in [-0.4, -0.2) is 28.0 Å². The fraction of sp³-hybridized carbons (Fsp3) is 0.111. The topological polar surface area (TPSA) is 108 Å². The lowest BCUT2D eigenvalue weighted by Crippen LogP contribution is -2.37. The summed E-state index contributed by atoms with van der Waals surface area (Å²) in [5.41, 5.74) is 8.33. The van der Waals surface area contributed by atoms with Crippen LogP contribution in [0.25, 0.3) is 10.9 Å². The van der Waals surface area contributed by atoms with E-state index >= 15 is 0 Å². The van der Waals surface area contributed by atoms with Gasteiger partial charge >= 0.3 is 5.97 Å². The number of halogens is 1. The van der Waals surface area contributed by atoms with Crippen molar-refractivity contribution in [2.24, 2.45) is 5.73 Å². The van der Waals surface area contributed by atoms with Crippen LogP contribution in [0.3, 0.4) is 0 Å². The van der Waals surface area contributed by atoms with Crippen LogP contribution in [0.5, 0.6) is 0 Å². The van der Waals surface area contributed by atoms with Gasteiger partial charge in [0.25, 0.3) is 0 Å². The molecule has 7 heteroatoms. The second kappa shape index (κ2) is 7.83. The zero-order chi connectivity index (χ0) is 17.1. The molecule has 0 fully saturated rings. The van der Waals surface area contributed by atoms with E-state index in [0.717, 1.165) is 5.56 Å². The fourth-order valence-electron chi connectivity index (χ4n) is 2.52. The zero-order valence-corrected chi connectivity index (χ0v) is 14.0. The number of hydrogen-bond donors (Lipinski definition) is 4. The van der Waals surface area contributed by atoms with Crippen molar-refractivity contribution >= 4 is 40.9 Å². The highest BCUT2D eigenvalue weighted by molar-refractivity contribution is 5.98. The molecule has 3 aromatic rings. The van der Waals surface area contributed by atoms with Gasteiger partial charge in [0, 0.05) is 16.6 Å². The summed E-state index contributed by atoms with van der Waals surface area (Å²) in [6, 6.07) is 15.6. The summed E-state index contributed by atoms with van der Waals surface area (Å²) in [6.07, 6.45) is 0.447. The lowest BCUT2D eigenvalue weighted by molar-refractivity contribution is -0.117. The number of fused-ring (bicyclic) bond motifs is 1. The predicted octanol–water partition coefficient (Wildman–Crippen LogP) is 2.80. The molecule has 0 saturated carbocycles. The maximum absolute atomic E-state index is 12.2. The van der Waals surface area contributed by atoms with Crippen LogP contribution < -0.4 is 11.1 Å². The van der Waals surface area contributed by atoms with E-state index < -0.39 is 12.0 Å². The van der Waals surface area contributed by atoms with Gasteiger partial charge in [-0.1, -0.05) is 30.3 Å². The van der Waals surface area contributed by atoms with Gasteiger partial charge in [0.15, 0.2) is 0 Å². The molecule has 25 heavy (non-hydrogen) atoms. The third-order valence-corrected chi connectivity index (χ3v) is 3.75. The van der Waals surface area contributed by atoms with E-state index in [1.165, 1.54) is 6.07 Å². The first-order valence-corrected chi connectivity index (χ1v) is 7.49. The molecule has 1 heterocycles. The van der Waals surface area contributed by atoms with Gasteiger partial charge in [-0.15, -0.1) is 12.4 Å². The van der Waals surface area contributed by atoms with E-state index in [9.17, 15) is 9.59 Å². The van der Waals surface area contributed by atoms with E-state index in [1.54, 1.807) is 18.2 Å². The molecule has 6 nitrogen and oxygen atoms in total. The lowest BCUT2D eigenvalue weighted by Gasteiger charge is -2.12. The van der Waals surface area contributed by atoms with Crippen molar-refractivity contribution in [1.82, 2.24) is 4.98 Å². The van der Waals surface area contributed by atoms with E-state index in [0.29, 0.717) is 23.0 Å². The number of amides is 1. The number of carbonyl (C=O) groups excluding carboxylic acids is 1. The molecule has 0 aliphatic heterocycles. The summed E-state index contributed by atoms with van der Waals surface area (Å²) < 4.78 is 0. The van der Waals surface area contributed by atoms with Gasteiger partial charge in [0.2, 0.25) is 5.91 Å². The molecule has 0 bridgehead atoms. The molecule has 3 rings (SSSR count). The number of anilines is 1. The van der Waals surface area contributed by atoms with Crippen LogP contribution in [-0.2, 0) is 11.2 Å². The molecule has 0 radical (unpaired) electrons. The van der Waals surface area contributed by atoms with Crippen molar-refractivity contribution in [3.8, 4) is 0 Å². The number of aromatic nitrogens is 1. The number of nitrogens with one attached hydrogen (secondary N) is 2. The Balaban J connectivity index is 0.00000225. The van der Waals surface area contributed by atoms with Gasteiger partial charge in [-0.05, 0) is 36.2 Å². The first kappa shape index (κ1) is 18.5. The minimum absolute atomic E-state index is 0. The number of carboxylic acid groups (broad SMARTS) is 1. The van der Waals surface area contributed by atoms with Gasteiger partial charge in [-0.3, -0.25) is 4.79 Å². The third-order valence-electron chi connectivity index (χ3n) is 3.75. The minimum Gasteiger partial charge on any atom is -0.477 e. The molecule has 1 amide bonds. The van der Waals surface area contributed by atoms with Crippen LogP contribution >= 0.6 is 12.4 Å². The smallest absolute Gasteiger partial charge is 0.352 e. The molecular weight excluding hydrogens is 342 g/mol. The lowest BCUT2D eigenvalue weighted by atomic mass is 10.1. The molecule has 1 aromatic heterocycles. The molecular formula is C18H18ClN3O3. The minimum atomic E-state index is -1.03. The highest BCUT2D eigenvalue weighted by Crippen LogP contribution is 2.20. The van der Waals surface area contributed by atoms with Gasteiger partial charge in [0.1, 0.15) is 5.69 Å². The van der Waals surface area contributed by atoms with Gasteiger partial charge in [-0.25, -0.2) is 4.79 Å². The third kappa shape index (κ3) is 4.37. The molecule has 5 N–H and O–H groups in total. The number of carboxylic acids is 1. The number of aromatic carboxylic acids is 1. The Kier molecular flexibility index (Phi) is 5.80. The highest BCUT2D eigenvalue weighted by Gasteiger charge is 2.15. The molecule has 0 saturated heterocycles. The SMILES string of the molecule is Cl.N[C@@H](Cc1ccccc1)C(=O)Nc1ccc2[nH]c(C(=O)O)cc2c1. The van der Waals surface area contributed by atoms with Crippen molar-refractivity contribution < 1.29 is 14.7 Å². The molecule has 2 aromatic carbocycles. The number of benzene rings is 2. The summed E-state index contributed by atoms with van der Waals surface area (Å²) in [6.45, 7) is 0. The monoisotopic (exact) mass is 359 g/mol. The van der Waals surface area contributed by atoms with Crippen LogP contribution in [0.15, 0.2) is 54.6 Å². The largest absolute Gasteiger partial charge is 0.477 e. The standard InChI is InChI=1S/C18H17N3O3.ClH/c19-14(8-11-4-2-1-3-5-11)17(22)20-13-6-7-15-12(9-13)10-16(21-15)18(23)24;/h1-7,9-10,14,21H,8,19H2,(H,20,22)(H,23,24);1H/t14-;/m0./s1. The summed E-state index contributed by atoms with van der Waals surface area (Å²) in [4.78, 5) is 26.0. The first-order chi connectivity index (χ1) is 11.5. The average Bonchev–Trinajstić information content (AvgIpc) is 2.99. The number of carbonyl (C=O) groups is 2. The maximum atomic E-state index is 12.2. The number of rotatable bonds is 5. The second-order valence-corrected chi connectivity index (χ2v) is 5.58. The maximum Gasteiger partial charge on any atom is 0.352 e. The number of H-pyrrole nitrogens is 1. The Morgan fingerprint density at radius 1 is 1.12 bits per heavy atom. The summed E-state index contributed by atoms with van der Waals surface area (Å²) in [5, 5.41) is 12.5. The van der Waals surface area contributed by atoms with Crippen LogP contribution in [0.1, 0.15) is 16.1 Å². The van der Waals surface area contributed by atoms with Gasteiger partial charge in [0.05, 0.1) is 6.04 Å². The Morgan fingerprint density at radius 2 is 1.84 bits per heavy atom. The Labute approximate surface area is 150 Å². The number of aromatic amines is 1. The van der Waals surface area contributed by atoms with Gasteiger partial charge in [-0.2, -0.15) is 0 Å². The summed E-state index contributed by atoms with van der Waals surface area (Å²) in [7, 11) is 0. The summed E-state index contributed by atoms with van der Waals surface area (Å²) in [5.74, 6) is -1.31. The van der Waals surface area contributed by atoms with Crippen LogP contribution in [0.4, 0.5) is 5.69 Å². The Bertz CT molecular complexity index is 893. The number of nitrogens with two attached hydrogens (primary N) is 1. The Hall–Kier alpha value is -2.83. The van der Waals surface area contributed by atoms with Crippen molar-refractivity contribution in [2.75, 3.05) is 5.32 Å². The normalized spacial score (nSPS) is 11.6. The van der Waals surface area contributed by atoms with Gasteiger partial charge < -0.3 is 21.1 Å². The summed E-state index contributed by atoms with van der Waals surface area (Å²) >= 11 is 0. The van der Waals surface area contributed by atoms with Crippen LogP contribution in [0.2, 0.25) is 0 Å². The van der Waals surface area contributed by atoms with E-state index in [4.69, 9.17) is 10.8 Å². The number of hydrogen-bond acceptors (Lipinski definition) is 3. The molecule has 0 aliphatic rings. The van der Waals surface area contributed by atoms with Crippen molar-refractivity contribution in [2.45, 2.75) is 12.5 Å². The molecule has 1 atom stereocenters.